The summed E-state index contributed by atoms with van der Waals surface area (Å²) in [4.78, 5) is 15.8. The number of anilines is 1. The fourth-order valence-corrected chi connectivity index (χ4v) is 2.20. The number of piperazine rings is 1. The van der Waals surface area contributed by atoms with Crippen molar-refractivity contribution in [3.05, 3.63) is 17.8 Å². The van der Waals surface area contributed by atoms with E-state index in [1.54, 1.807) is 11.1 Å². The van der Waals surface area contributed by atoms with Crippen LogP contribution < -0.4 is 10.6 Å². The van der Waals surface area contributed by atoms with E-state index in [1.807, 2.05) is 26.8 Å². The molecule has 0 atom stereocenters. The molecule has 2 N–H and O–H groups in total. The van der Waals surface area contributed by atoms with Gasteiger partial charge in [-0.1, -0.05) is 0 Å². The summed E-state index contributed by atoms with van der Waals surface area (Å²) in [6.07, 6.45) is 1.38. The Morgan fingerprint density at radius 1 is 1.33 bits per heavy atom. The Balaban J connectivity index is 1.96. The molecule has 0 aliphatic carbocycles. The Morgan fingerprint density at radius 2 is 2.00 bits per heavy atom. The quantitative estimate of drug-likeness (QED) is 0.875. The fourth-order valence-electron chi connectivity index (χ4n) is 2.20. The lowest BCUT2D eigenvalue weighted by Gasteiger charge is -2.36. The summed E-state index contributed by atoms with van der Waals surface area (Å²) in [5.74, 6) is 0.809. The lowest BCUT2D eigenvalue weighted by Crippen LogP contribution is -2.50. The van der Waals surface area contributed by atoms with E-state index in [0.29, 0.717) is 32.7 Å². The largest absolute Gasteiger partial charge is 0.444 e. The third-order valence-electron chi connectivity index (χ3n) is 3.23. The molecule has 0 aromatic carbocycles. The van der Waals surface area contributed by atoms with Crippen molar-refractivity contribution in [3.63, 3.8) is 0 Å². The van der Waals surface area contributed by atoms with Crippen LogP contribution in [0.4, 0.5) is 10.6 Å². The number of nitrogens with two attached hydrogens (primary N) is 1. The van der Waals surface area contributed by atoms with Crippen molar-refractivity contribution in [2.45, 2.75) is 32.9 Å². The molecule has 1 saturated heterocycles. The molecule has 0 bridgehead atoms. The second-order valence-corrected chi connectivity index (χ2v) is 6.04. The normalized spacial score (nSPS) is 16.0. The van der Waals surface area contributed by atoms with Gasteiger partial charge in [-0.15, -0.1) is 5.10 Å². The van der Waals surface area contributed by atoms with Gasteiger partial charge in [-0.3, -0.25) is 0 Å². The molecule has 1 aliphatic heterocycles. The monoisotopic (exact) mass is 293 g/mol. The molecule has 0 radical (unpaired) electrons. The molecule has 7 nitrogen and oxygen atoms in total. The van der Waals surface area contributed by atoms with Crippen LogP contribution >= 0.6 is 0 Å². The van der Waals surface area contributed by atoms with E-state index in [1.165, 1.54) is 0 Å². The van der Waals surface area contributed by atoms with Crippen LogP contribution in [0.2, 0.25) is 0 Å². The predicted octanol–water partition coefficient (Wildman–Crippen LogP) is 0.992. The number of ether oxygens (including phenoxy) is 1. The first kappa shape index (κ1) is 15.5. The van der Waals surface area contributed by atoms with Gasteiger partial charge in [0.2, 0.25) is 0 Å². The van der Waals surface area contributed by atoms with Crippen LogP contribution in [0, 0.1) is 0 Å². The second-order valence-electron chi connectivity index (χ2n) is 6.04. The van der Waals surface area contributed by atoms with Crippen LogP contribution in [0.5, 0.6) is 0 Å². The van der Waals surface area contributed by atoms with Crippen molar-refractivity contribution < 1.29 is 9.53 Å². The number of carbonyl (C=O) groups is 1. The molecule has 1 aromatic heterocycles. The first-order chi connectivity index (χ1) is 9.90. The van der Waals surface area contributed by atoms with Gasteiger partial charge in [0.05, 0.1) is 6.20 Å². The van der Waals surface area contributed by atoms with Gasteiger partial charge >= 0.3 is 6.09 Å². The molecule has 0 spiro atoms. The predicted molar refractivity (Wildman–Crippen MR) is 79.9 cm³/mol. The van der Waals surface area contributed by atoms with Crippen molar-refractivity contribution in [2.24, 2.45) is 5.73 Å². The Labute approximate surface area is 125 Å². The van der Waals surface area contributed by atoms with Crippen molar-refractivity contribution in [2.75, 3.05) is 31.1 Å². The maximum absolute atomic E-state index is 12.0. The average molecular weight is 293 g/mol. The Bertz CT molecular complexity index is 492. The van der Waals surface area contributed by atoms with Crippen LogP contribution in [-0.2, 0) is 11.3 Å². The van der Waals surface area contributed by atoms with E-state index in [9.17, 15) is 4.79 Å². The van der Waals surface area contributed by atoms with Crippen LogP contribution in [0.3, 0.4) is 0 Å². The van der Waals surface area contributed by atoms with Crippen LogP contribution in [0.1, 0.15) is 26.3 Å². The second kappa shape index (κ2) is 6.26. The van der Waals surface area contributed by atoms with E-state index < -0.39 is 5.60 Å². The van der Waals surface area contributed by atoms with Gasteiger partial charge in [0.1, 0.15) is 5.60 Å². The smallest absolute Gasteiger partial charge is 0.410 e. The van der Waals surface area contributed by atoms with E-state index >= 15 is 0 Å². The van der Waals surface area contributed by atoms with E-state index in [0.717, 1.165) is 11.4 Å². The summed E-state index contributed by atoms with van der Waals surface area (Å²) in [5, 5.41) is 8.08. The summed E-state index contributed by atoms with van der Waals surface area (Å²) < 4.78 is 5.38. The Hall–Kier alpha value is -1.89. The highest BCUT2D eigenvalue weighted by molar-refractivity contribution is 5.68. The summed E-state index contributed by atoms with van der Waals surface area (Å²) in [5.41, 5.74) is 6.23. The number of rotatable bonds is 2. The number of nitrogens with zero attached hydrogens (tertiary/aromatic N) is 4. The summed E-state index contributed by atoms with van der Waals surface area (Å²) >= 11 is 0. The van der Waals surface area contributed by atoms with Gasteiger partial charge in [0.15, 0.2) is 5.82 Å². The third-order valence-corrected chi connectivity index (χ3v) is 3.23. The molecule has 2 rings (SSSR count). The SMILES string of the molecule is CC(C)(C)OC(=O)N1CCN(c2nnccc2CN)CC1. The molecule has 1 amide bonds. The topological polar surface area (TPSA) is 84.6 Å². The summed E-state index contributed by atoms with van der Waals surface area (Å²) in [6.45, 7) is 8.65. The third kappa shape index (κ3) is 4.04. The van der Waals surface area contributed by atoms with E-state index in [-0.39, 0.29) is 6.09 Å². The zero-order chi connectivity index (χ0) is 15.5. The zero-order valence-corrected chi connectivity index (χ0v) is 12.9. The highest BCUT2D eigenvalue weighted by Crippen LogP contribution is 2.18. The van der Waals surface area contributed by atoms with Crippen LogP contribution in [0.15, 0.2) is 12.3 Å². The van der Waals surface area contributed by atoms with Crippen molar-refractivity contribution >= 4 is 11.9 Å². The highest BCUT2D eigenvalue weighted by Gasteiger charge is 2.27. The highest BCUT2D eigenvalue weighted by atomic mass is 16.6. The molecular weight excluding hydrogens is 270 g/mol. The number of amides is 1. The number of hydrogen-bond donors (Lipinski definition) is 1. The molecule has 21 heavy (non-hydrogen) atoms. The molecule has 1 aliphatic rings. The minimum Gasteiger partial charge on any atom is -0.444 e. The zero-order valence-electron chi connectivity index (χ0n) is 12.9. The Kier molecular flexibility index (Phi) is 4.62. The summed E-state index contributed by atoms with van der Waals surface area (Å²) in [6, 6.07) is 1.88. The van der Waals surface area contributed by atoms with E-state index in [2.05, 4.69) is 15.1 Å². The standard InChI is InChI=1S/C14H23N5O2/c1-14(2,3)21-13(20)19-8-6-18(7-9-19)12-11(10-15)4-5-16-17-12/h4-5H,6-10,15H2,1-3H3. The van der Waals surface area contributed by atoms with E-state index in [4.69, 9.17) is 10.5 Å². The van der Waals surface area contributed by atoms with Gasteiger partial charge in [0.25, 0.3) is 0 Å². The van der Waals surface area contributed by atoms with Crippen LogP contribution in [-0.4, -0.2) is 53.0 Å². The van der Waals surface area contributed by atoms with Gasteiger partial charge in [-0.2, -0.15) is 5.10 Å². The fraction of sp³-hybridized carbons (Fsp3) is 0.643. The number of carbonyl (C=O) groups excluding carboxylic acids is 1. The van der Waals surface area contributed by atoms with Gasteiger partial charge in [-0.25, -0.2) is 4.79 Å². The van der Waals surface area contributed by atoms with Gasteiger partial charge in [0, 0.05) is 38.3 Å². The number of hydrogen-bond acceptors (Lipinski definition) is 6. The molecule has 7 heteroatoms. The van der Waals surface area contributed by atoms with Gasteiger partial charge in [-0.05, 0) is 26.8 Å². The van der Waals surface area contributed by atoms with Crippen LogP contribution in [0.25, 0.3) is 0 Å². The van der Waals surface area contributed by atoms with Gasteiger partial charge < -0.3 is 20.3 Å². The minimum atomic E-state index is -0.466. The maximum atomic E-state index is 12.0. The molecule has 116 valence electrons. The summed E-state index contributed by atoms with van der Waals surface area (Å²) in [7, 11) is 0. The van der Waals surface area contributed by atoms with Crippen molar-refractivity contribution in [3.8, 4) is 0 Å². The lowest BCUT2D eigenvalue weighted by molar-refractivity contribution is 0.0240. The van der Waals surface area contributed by atoms with Crippen molar-refractivity contribution in [1.29, 1.82) is 0 Å². The molecule has 1 fully saturated rings. The first-order valence-corrected chi connectivity index (χ1v) is 7.14. The first-order valence-electron chi connectivity index (χ1n) is 7.14. The lowest BCUT2D eigenvalue weighted by atomic mass is 10.2. The molecule has 2 heterocycles. The maximum Gasteiger partial charge on any atom is 0.410 e. The molecule has 0 saturated carbocycles. The molecule has 0 unspecified atom stereocenters. The molecule has 1 aromatic rings. The Morgan fingerprint density at radius 3 is 2.57 bits per heavy atom. The average Bonchev–Trinajstić information content (AvgIpc) is 2.45. The minimum absolute atomic E-state index is 0.264. The van der Waals surface area contributed by atoms with Crippen molar-refractivity contribution in [1.82, 2.24) is 15.1 Å². The molecular formula is C14H23N5O2. The number of aromatic nitrogens is 2.